The predicted molar refractivity (Wildman–Crippen MR) is 79.0 cm³/mol. The number of anilines is 3. The number of hydrogen-bond donors (Lipinski definition) is 2. The van der Waals surface area contributed by atoms with E-state index in [-0.39, 0.29) is 0 Å². The summed E-state index contributed by atoms with van der Waals surface area (Å²) in [6, 6.07) is 11.1. The molecule has 0 saturated heterocycles. The van der Waals surface area contributed by atoms with E-state index in [9.17, 15) is 0 Å². The lowest BCUT2D eigenvalue weighted by molar-refractivity contribution is 0.329. The number of rotatable bonds is 4. The van der Waals surface area contributed by atoms with Crippen LogP contribution in [0.15, 0.2) is 30.3 Å². The van der Waals surface area contributed by atoms with Gasteiger partial charge in [0.2, 0.25) is 5.88 Å². The minimum atomic E-state index is 0.409. The molecule has 2 rings (SSSR count). The van der Waals surface area contributed by atoms with Crippen LogP contribution in [0.25, 0.3) is 0 Å². The largest absolute Gasteiger partial charge is 0.476 e. The van der Waals surface area contributed by atoms with Crippen molar-refractivity contribution in [1.29, 1.82) is 5.26 Å². The maximum Gasteiger partial charge on any atom is 0.239 e. The van der Waals surface area contributed by atoms with Crippen LogP contribution in [0.1, 0.15) is 18.1 Å². The van der Waals surface area contributed by atoms with Gasteiger partial charge < -0.3 is 15.8 Å². The molecule has 1 aromatic heterocycles. The van der Waals surface area contributed by atoms with Crippen LogP contribution in [0.2, 0.25) is 0 Å². The Balaban J connectivity index is 2.30. The summed E-state index contributed by atoms with van der Waals surface area (Å²) >= 11 is 0. The van der Waals surface area contributed by atoms with Gasteiger partial charge in [0.25, 0.3) is 0 Å². The monoisotopic (exact) mass is 268 g/mol. The molecular formula is C15H16N4O. The molecule has 0 aliphatic rings. The van der Waals surface area contributed by atoms with Gasteiger partial charge in [-0.15, -0.1) is 0 Å². The fourth-order valence-electron chi connectivity index (χ4n) is 1.74. The van der Waals surface area contributed by atoms with Gasteiger partial charge in [-0.3, -0.25) is 0 Å². The summed E-state index contributed by atoms with van der Waals surface area (Å²) < 4.78 is 5.36. The third-order valence-corrected chi connectivity index (χ3v) is 2.80. The summed E-state index contributed by atoms with van der Waals surface area (Å²) in [6.07, 6.45) is 0. The molecule has 0 radical (unpaired) electrons. The number of aromatic nitrogens is 1. The number of nitrogen functional groups attached to an aromatic ring is 1. The summed E-state index contributed by atoms with van der Waals surface area (Å²) in [7, 11) is 0. The second kappa shape index (κ2) is 5.93. The standard InChI is InChI=1S/C15H16N4O/c1-3-20-15-12(17)6-7-14(19-15)18-13-8-11(9-16)5-4-10(13)2/h4-8H,3,17H2,1-2H3,(H,18,19). The van der Waals surface area contributed by atoms with Crippen LogP contribution in [-0.4, -0.2) is 11.6 Å². The molecule has 1 aromatic carbocycles. The Bertz CT molecular complexity index is 661. The lowest BCUT2D eigenvalue weighted by Crippen LogP contribution is -2.02. The van der Waals surface area contributed by atoms with E-state index >= 15 is 0 Å². The highest BCUT2D eigenvalue weighted by Crippen LogP contribution is 2.25. The normalized spacial score (nSPS) is 9.85. The zero-order chi connectivity index (χ0) is 14.5. The zero-order valence-electron chi connectivity index (χ0n) is 11.5. The molecule has 0 aliphatic heterocycles. The van der Waals surface area contributed by atoms with E-state index in [2.05, 4.69) is 16.4 Å². The van der Waals surface area contributed by atoms with Crippen molar-refractivity contribution < 1.29 is 4.74 Å². The SMILES string of the molecule is CCOc1nc(Nc2cc(C#N)ccc2C)ccc1N. The molecule has 20 heavy (non-hydrogen) atoms. The van der Waals surface area contributed by atoms with Crippen LogP contribution in [0.4, 0.5) is 17.2 Å². The number of pyridine rings is 1. The minimum absolute atomic E-state index is 0.409. The van der Waals surface area contributed by atoms with Crippen molar-refractivity contribution in [2.75, 3.05) is 17.7 Å². The molecule has 0 aliphatic carbocycles. The summed E-state index contributed by atoms with van der Waals surface area (Å²) in [5.74, 6) is 1.03. The average Bonchev–Trinajstić information content (AvgIpc) is 2.45. The van der Waals surface area contributed by atoms with E-state index in [1.165, 1.54) is 0 Å². The lowest BCUT2D eigenvalue weighted by Gasteiger charge is -2.11. The number of nitrogens with two attached hydrogens (primary N) is 1. The first-order chi connectivity index (χ1) is 9.63. The van der Waals surface area contributed by atoms with Gasteiger partial charge in [-0.2, -0.15) is 10.2 Å². The second-order valence-electron chi connectivity index (χ2n) is 4.29. The molecular weight excluding hydrogens is 252 g/mol. The van der Waals surface area contributed by atoms with Crippen LogP contribution in [-0.2, 0) is 0 Å². The van der Waals surface area contributed by atoms with Gasteiger partial charge in [0.05, 0.1) is 23.9 Å². The van der Waals surface area contributed by atoms with E-state index in [1.54, 1.807) is 24.3 Å². The highest BCUT2D eigenvalue weighted by atomic mass is 16.5. The molecule has 5 heteroatoms. The minimum Gasteiger partial charge on any atom is -0.476 e. The summed E-state index contributed by atoms with van der Waals surface area (Å²) in [5, 5.41) is 12.1. The molecule has 1 heterocycles. The quantitative estimate of drug-likeness (QED) is 0.890. The molecule has 5 nitrogen and oxygen atoms in total. The molecule has 0 amide bonds. The number of nitriles is 1. The third kappa shape index (κ3) is 2.98. The Morgan fingerprint density at radius 2 is 2.15 bits per heavy atom. The highest BCUT2D eigenvalue weighted by molar-refractivity contribution is 5.64. The van der Waals surface area contributed by atoms with E-state index in [1.807, 2.05) is 19.9 Å². The molecule has 0 spiro atoms. The Morgan fingerprint density at radius 1 is 1.35 bits per heavy atom. The first kappa shape index (κ1) is 13.7. The first-order valence-electron chi connectivity index (χ1n) is 6.31. The van der Waals surface area contributed by atoms with Crippen LogP contribution in [0.5, 0.6) is 5.88 Å². The van der Waals surface area contributed by atoms with Crippen LogP contribution in [0, 0.1) is 18.3 Å². The summed E-state index contributed by atoms with van der Waals surface area (Å²) in [5.41, 5.74) is 8.75. The third-order valence-electron chi connectivity index (χ3n) is 2.80. The maximum atomic E-state index is 8.94. The van der Waals surface area contributed by atoms with Crippen molar-refractivity contribution in [3.05, 3.63) is 41.5 Å². The van der Waals surface area contributed by atoms with Gasteiger partial charge >= 0.3 is 0 Å². The summed E-state index contributed by atoms with van der Waals surface area (Å²) in [6.45, 7) is 4.34. The fraction of sp³-hybridized carbons (Fsp3) is 0.200. The van der Waals surface area contributed by atoms with E-state index in [0.29, 0.717) is 29.6 Å². The first-order valence-corrected chi connectivity index (χ1v) is 6.31. The molecule has 0 unspecified atom stereocenters. The second-order valence-corrected chi connectivity index (χ2v) is 4.29. The van der Waals surface area contributed by atoms with Crippen molar-refractivity contribution in [3.63, 3.8) is 0 Å². The van der Waals surface area contributed by atoms with Crippen LogP contribution >= 0.6 is 0 Å². The number of ether oxygens (including phenoxy) is 1. The molecule has 0 bridgehead atoms. The smallest absolute Gasteiger partial charge is 0.239 e. The van der Waals surface area contributed by atoms with Crippen molar-refractivity contribution in [1.82, 2.24) is 4.98 Å². The maximum absolute atomic E-state index is 8.94. The van der Waals surface area contributed by atoms with E-state index in [4.69, 9.17) is 15.7 Å². The summed E-state index contributed by atoms with van der Waals surface area (Å²) in [4.78, 5) is 4.31. The lowest BCUT2D eigenvalue weighted by atomic mass is 10.1. The number of hydrogen-bond acceptors (Lipinski definition) is 5. The molecule has 0 saturated carbocycles. The van der Waals surface area contributed by atoms with Crippen molar-refractivity contribution >= 4 is 17.2 Å². The zero-order valence-corrected chi connectivity index (χ0v) is 11.5. The number of nitrogens with zero attached hydrogens (tertiary/aromatic N) is 2. The Kier molecular flexibility index (Phi) is 4.06. The van der Waals surface area contributed by atoms with E-state index < -0.39 is 0 Å². The van der Waals surface area contributed by atoms with Crippen LogP contribution < -0.4 is 15.8 Å². The van der Waals surface area contributed by atoms with Gasteiger partial charge in [0, 0.05) is 5.69 Å². The Labute approximate surface area is 118 Å². The van der Waals surface area contributed by atoms with Gasteiger partial charge in [0.15, 0.2) is 0 Å². The predicted octanol–water partition coefficient (Wildman–Crippen LogP) is 2.99. The van der Waals surface area contributed by atoms with Crippen molar-refractivity contribution in [2.45, 2.75) is 13.8 Å². The average molecular weight is 268 g/mol. The molecule has 102 valence electrons. The molecule has 3 N–H and O–H groups in total. The van der Waals surface area contributed by atoms with Crippen molar-refractivity contribution in [3.8, 4) is 11.9 Å². The van der Waals surface area contributed by atoms with E-state index in [0.717, 1.165) is 11.3 Å². The topological polar surface area (TPSA) is 84.0 Å². The van der Waals surface area contributed by atoms with Gasteiger partial charge in [0.1, 0.15) is 5.82 Å². The number of benzene rings is 1. The molecule has 0 atom stereocenters. The number of nitrogens with one attached hydrogen (secondary N) is 1. The Morgan fingerprint density at radius 3 is 2.85 bits per heavy atom. The molecule has 2 aromatic rings. The van der Waals surface area contributed by atoms with Crippen molar-refractivity contribution in [2.24, 2.45) is 0 Å². The van der Waals surface area contributed by atoms with Crippen LogP contribution in [0.3, 0.4) is 0 Å². The fourth-order valence-corrected chi connectivity index (χ4v) is 1.74. The highest BCUT2D eigenvalue weighted by Gasteiger charge is 2.06. The Hall–Kier alpha value is -2.74. The van der Waals surface area contributed by atoms with Gasteiger partial charge in [-0.1, -0.05) is 6.07 Å². The molecule has 0 fully saturated rings. The van der Waals surface area contributed by atoms with Gasteiger partial charge in [-0.05, 0) is 43.7 Å². The van der Waals surface area contributed by atoms with Gasteiger partial charge in [-0.25, -0.2) is 0 Å². The number of aryl methyl sites for hydroxylation is 1.